The molecule has 0 radical (unpaired) electrons. The van der Waals surface area contributed by atoms with Gasteiger partial charge in [0.05, 0.1) is 11.9 Å². The van der Waals surface area contributed by atoms with Crippen LogP contribution >= 0.6 is 0 Å². The first-order valence-electron chi connectivity index (χ1n) is 10.1. The fourth-order valence-corrected chi connectivity index (χ4v) is 4.77. The normalized spacial score (nSPS) is 11.7. The summed E-state index contributed by atoms with van der Waals surface area (Å²) in [4.78, 5) is 12.7. The SMILES string of the molecule is CCn1c2ccccc2c2cc(NC(=O)CN(c3ccc(C)cc3)S(C)(=O)=O)ccc21. The highest BCUT2D eigenvalue weighted by molar-refractivity contribution is 7.92. The van der Waals surface area contributed by atoms with E-state index in [4.69, 9.17) is 0 Å². The van der Waals surface area contributed by atoms with Gasteiger partial charge in [-0.25, -0.2) is 8.42 Å². The molecular weight excluding hydrogens is 410 g/mol. The van der Waals surface area contributed by atoms with Crippen molar-refractivity contribution in [1.29, 1.82) is 0 Å². The van der Waals surface area contributed by atoms with Crippen molar-refractivity contribution in [1.82, 2.24) is 4.57 Å². The number of anilines is 2. The van der Waals surface area contributed by atoms with Gasteiger partial charge in [-0.2, -0.15) is 0 Å². The largest absolute Gasteiger partial charge is 0.341 e. The molecular formula is C24H25N3O3S. The molecule has 0 spiro atoms. The van der Waals surface area contributed by atoms with Gasteiger partial charge < -0.3 is 9.88 Å². The molecule has 6 nitrogen and oxygen atoms in total. The molecule has 0 saturated heterocycles. The van der Waals surface area contributed by atoms with Crippen LogP contribution in [0.5, 0.6) is 0 Å². The predicted molar refractivity (Wildman–Crippen MR) is 127 cm³/mol. The number of nitrogens with zero attached hydrogens (tertiary/aromatic N) is 2. The van der Waals surface area contributed by atoms with Crippen LogP contribution in [0.25, 0.3) is 21.8 Å². The molecule has 1 amide bonds. The number of carbonyl (C=O) groups excluding carboxylic acids is 1. The monoisotopic (exact) mass is 435 g/mol. The zero-order chi connectivity index (χ0) is 22.2. The number of fused-ring (bicyclic) bond motifs is 3. The van der Waals surface area contributed by atoms with E-state index in [9.17, 15) is 13.2 Å². The van der Waals surface area contributed by atoms with Crippen molar-refractivity contribution in [3.05, 3.63) is 72.3 Å². The van der Waals surface area contributed by atoms with E-state index in [1.54, 1.807) is 12.1 Å². The third kappa shape index (κ3) is 4.14. The van der Waals surface area contributed by atoms with Crippen LogP contribution in [0.15, 0.2) is 66.7 Å². The van der Waals surface area contributed by atoms with Crippen LogP contribution in [0.2, 0.25) is 0 Å². The summed E-state index contributed by atoms with van der Waals surface area (Å²) >= 11 is 0. The Labute approximate surface area is 182 Å². The van der Waals surface area contributed by atoms with Gasteiger partial charge in [0.25, 0.3) is 0 Å². The van der Waals surface area contributed by atoms with Crippen molar-refractivity contribution in [2.24, 2.45) is 0 Å². The molecule has 0 aliphatic carbocycles. The minimum absolute atomic E-state index is 0.295. The standard InChI is InChI=1S/C24H25N3O3S/c1-4-26-22-8-6-5-7-20(22)21-15-18(11-14-23(21)26)25-24(28)16-27(31(3,29)30)19-12-9-17(2)10-13-19/h5-15H,4,16H2,1-3H3,(H,25,28). The van der Waals surface area contributed by atoms with Gasteiger partial charge in [-0.1, -0.05) is 35.9 Å². The Morgan fingerprint density at radius 3 is 2.32 bits per heavy atom. The molecule has 0 unspecified atom stereocenters. The van der Waals surface area contributed by atoms with Crippen molar-refractivity contribution in [2.45, 2.75) is 20.4 Å². The molecule has 1 aromatic heterocycles. The zero-order valence-corrected chi connectivity index (χ0v) is 18.6. The molecule has 0 aliphatic rings. The van der Waals surface area contributed by atoms with Gasteiger partial charge in [-0.3, -0.25) is 9.10 Å². The van der Waals surface area contributed by atoms with Crippen LogP contribution in [0.3, 0.4) is 0 Å². The summed E-state index contributed by atoms with van der Waals surface area (Å²) in [6, 6.07) is 21.0. The number of amides is 1. The molecule has 31 heavy (non-hydrogen) atoms. The number of rotatable bonds is 6. The summed E-state index contributed by atoms with van der Waals surface area (Å²) in [6.07, 6.45) is 1.10. The third-order valence-corrected chi connectivity index (χ3v) is 6.52. The lowest BCUT2D eigenvalue weighted by atomic mass is 10.1. The van der Waals surface area contributed by atoms with E-state index in [1.165, 1.54) is 0 Å². The maximum atomic E-state index is 12.7. The first-order valence-corrected chi connectivity index (χ1v) is 12.0. The summed E-state index contributed by atoms with van der Waals surface area (Å²) in [5, 5.41) is 5.02. The lowest BCUT2D eigenvalue weighted by Crippen LogP contribution is -2.37. The Kier molecular flexibility index (Phi) is 5.45. The van der Waals surface area contributed by atoms with Gasteiger partial charge in [0.1, 0.15) is 6.54 Å². The number of hydrogen-bond acceptors (Lipinski definition) is 3. The van der Waals surface area contributed by atoms with Crippen molar-refractivity contribution in [3.8, 4) is 0 Å². The van der Waals surface area contributed by atoms with E-state index in [2.05, 4.69) is 28.9 Å². The van der Waals surface area contributed by atoms with E-state index in [-0.39, 0.29) is 6.54 Å². The molecule has 7 heteroatoms. The summed E-state index contributed by atoms with van der Waals surface area (Å²) in [6.45, 7) is 4.57. The lowest BCUT2D eigenvalue weighted by Gasteiger charge is -2.22. The Bertz CT molecular complexity index is 1370. The highest BCUT2D eigenvalue weighted by Gasteiger charge is 2.21. The molecule has 3 aromatic carbocycles. The third-order valence-electron chi connectivity index (χ3n) is 5.38. The lowest BCUT2D eigenvalue weighted by molar-refractivity contribution is -0.114. The van der Waals surface area contributed by atoms with Crippen LogP contribution in [-0.4, -0.2) is 31.7 Å². The van der Waals surface area contributed by atoms with Crippen LogP contribution in [-0.2, 0) is 21.4 Å². The number of aryl methyl sites for hydroxylation is 2. The Balaban J connectivity index is 1.63. The van der Waals surface area contributed by atoms with E-state index in [0.717, 1.165) is 44.5 Å². The highest BCUT2D eigenvalue weighted by atomic mass is 32.2. The average Bonchev–Trinajstić information content (AvgIpc) is 3.05. The van der Waals surface area contributed by atoms with Crippen molar-refractivity contribution >= 4 is 49.1 Å². The van der Waals surface area contributed by atoms with E-state index in [1.807, 2.05) is 49.4 Å². The summed E-state index contributed by atoms with van der Waals surface area (Å²) in [5.41, 5.74) is 4.35. The Hall–Kier alpha value is -3.32. The Morgan fingerprint density at radius 2 is 1.65 bits per heavy atom. The molecule has 0 aliphatic heterocycles. The number of aromatic nitrogens is 1. The Morgan fingerprint density at radius 1 is 0.968 bits per heavy atom. The number of sulfonamides is 1. The quantitative estimate of drug-likeness (QED) is 0.484. The van der Waals surface area contributed by atoms with Crippen LogP contribution in [0.4, 0.5) is 11.4 Å². The first kappa shape index (κ1) is 20.9. The van der Waals surface area contributed by atoms with Crippen LogP contribution in [0, 0.1) is 6.92 Å². The topological polar surface area (TPSA) is 71.4 Å². The summed E-state index contributed by atoms with van der Waals surface area (Å²) in [7, 11) is -3.61. The number of hydrogen-bond donors (Lipinski definition) is 1. The maximum Gasteiger partial charge on any atom is 0.245 e. The second-order valence-corrected chi connectivity index (χ2v) is 9.55. The fourth-order valence-electron chi connectivity index (χ4n) is 3.91. The second-order valence-electron chi connectivity index (χ2n) is 7.65. The van der Waals surface area contributed by atoms with Gasteiger partial charge in [0, 0.05) is 34.0 Å². The zero-order valence-electron chi connectivity index (χ0n) is 17.8. The van der Waals surface area contributed by atoms with Gasteiger partial charge in [-0.05, 0) is 50.2 Å². The van der Waals surface area contributed by atoms with Crippen molar-refractivity contribution < 1.29 is 13.2 Å². The fraction of sp³-hybridized carbons (Fsp3) is 0.208. The molecule has 1 heterocycles. The van der Waals surface area contributed by atoms with E-state index in [0.29, 0.717) is 11.4 Å². The van der Waals surface area contributed by atoms with Gasteiger partial charge in [0.15, 0.2) is 0 Å². The minimum atomic E-state index is -3.61. The van der Waals surface area contributed by atoms with Gasteiger partial charge in [0.2, 0.25) is 15.9 Å². The van der Waals surface area contributed by atoms with Crippen molar-refractivity contribution in [3.63, 3.8) is 0 Å². The molecule has 4 rings (SSSR count). The first-order chi connectivity index (χ1) is 14.8. The molecule has 4 aromatic rings. The maximum absolute atomic E-state index is 12.7. The molecule has 0 fully saturated rings. The highest BCUT2D eigenvalue weighted by Crippen LogP contribution is 2.31. The van der Waals surface area contributed by atoms with Crippen molar-refractivity contribution in [2.75, 3.05) is 22.4 Å². The minimum Gasteiger partial charge on any atom is -0.341 e. The van der Waals surface area contributed by atoms with E-state index < -0.39 is 15.9 Å². The molecule has 0 saturated carbocycles. The summed E-state index contributed by atoms with van der Waals surface area (Å²) in [5.74, 6) is -0.399. The number of para-hydroxylation sites is 1. The summed E-state index contributed by atoms with van der Waals surface area (Å²) < 4.78 is 28.0. The number of nitrogens with one attached hydrogen (secondary N) is 1. The van der Waals surface area contributed by atoms with E-state index >= 15 is 0 Å². The predicted octanol–water partition coefficient (Wildman–Crippen LogP) is 4.53. The van der Waals surface area contributed by atoms with Crippen LogP contribution < -0.4 is 9.62 Å². The smallest absolute Gasteiger partial charge is 0.245 e. The molecule has 1 N–H and O–H groups in total. The van der Waals surface area contributed by atoms with Gasteiger partial charge in [-0.15, -0.1) is 0 Å². The molecule has 0 bridgehead atoms. The molecule has 160 valence electrons. The van der Waals surface area contributed by atoms with Gasteiger partial charge >= 0.3 is 0 Å². The number of benzene rings is 3. The molecule has 0 atom stereocenters. The van der Waals surface area contributed by atoms with Crippen LogP contribution in [0.1, 0.15) is 12.5 Å². The number of carbonyl (C=O) groups is 1. The second kappa shape index (κ2) is 8.07. The average molecular weight is 436 g/mol.